The van der Waals surface area contributed by atoms with Crippen LogP contribution >= 0.6 is 0 Å². The van der Waals surface area contributed by atoms with Gasteiger partial charge in [0.2, 0.25) is 0 Å². The van der Waals surface area contributed by atoms with Crippen LogP contribution in [-0.2, 0) is 0 Å². The van der Waals surface area contributed by atoms with Gasteiger partial charge in [-0.05, 0) is 37.8 Å². The van der Waals surface area contributed by atoms with E-state index in [1.807, 2.05) is 0 Å². The van der Waals surface area contributed by atoms with E-state index in [0.29, 0.717) is 12.3 Å². The standard InChI is InChI=1S/C11H23N3O/c1-9-4-2-5-10(9)8-13-7-3-6-11(12)14-15/h9-10,13,15H,2-8H2,1H3,(H2,12,14). The molecule has 0 radical (unpaired) electrons. The first-order valence-electron chi connectivity index (χ1n) is 5.91. The van der Waals surface area contributed by atoms with Crippen molar-refractivity contribution in [2.45, 2.75) is 39.0 Å². The third-order valence-corrected chi connectivity index (χ3v) is 3.36. The molecule has 1 aliphatic carbocycles. The maximum Gasteiger partial charge on any atom is 0.139 e. The smallest absolute Gasteiger partial charge is 0.139 e. The average molecular weight is 213 g/mol. The summed E-state index contributed by atoms with van der Waals surface area (Å²) in [5.74, 6) is 2.06. The fourth-order valence-electron chi connectivity index (χ4n) is 2.26. The van der Waals surface area contributed by atoms with Gasteiger partial charge >= 0.3 is 0 Å². The number of hydrogen-bond donors (Lipinski definition) is 3. The molecule has 0 aliphatic heterocycles. The van der Waals surface area contributed by atoms with Crippen molar-refractivity contribution in [3.05, 3.63) is 0 Å². The molecule has 0 aromatic rings. The van der Waals surface area contributed by atoms with Gasteiger partial charge in [0, 0.05) is 6.42 Å². The molecule has 15 heavy (non-hydrogen) atoms. The van der Waals surface area contributed by atoms with Gasteiger partial charge in [-0.1, -0.05) is 24.9 Å². The predicted molar refractivity (Wildman–Crippen MR) is 62.0 cm³/mol. The van der Waals surface area contributed by atoms with Gasteiger partial charge in [0.1, 0.15) is 5.84 Å². The van der Waals surface area contributed by atoms with Crippen molar-refractivity contribution < 1.29 is 5.21 Å². The average Bonchev–Trinajstić information content (AvgIpc) is 2.63. The van der Waals surface area contributed by atoms with E-state index in [1.165, 1.54) is 19.3 Å². The summed E-state index contributed by atoms with van der Waals surface area (Å²) in [4.78, 5) is 0. The lowest BCUT2D eigenvalue weighted by Crippen LogP contribution is -2.26. The number of nitrogens with one attached hydrogen (secondary N) is 1. The van der Waals surface area contributed by atoms with Crippen LogP contribution < -0.4 is 11.1 Å². The maximum atomic E-state index is 8.34. The molecule has 1 aliphatic rings. The molecule has 0 heterocycles. The predicted octanol–water partition coefficient (Wildman–Crippen LogP) is 1.54. The number of nitrogens with zero attached hydrogens (tertiary/aromatic N) is 1. The molecule has 0 aromatic carbocycles. The van der Waals surface area contributed by atoms with Crippen LogP contribution in [0.4, 0.5) is 0 Å². The van der Waals surface area contributed by atoms with E-state index in [0.717, 1.165) is 31.3 Å². The minimum absolute atomic E-state index is 0.325. The quantitative estimate of drug-likeness (QED) is 0.206. The lowest BCUT2D eigenvalue weighted by atomic mass is 9.98. The largest absolute Gasteiger partial charge is 0.409 e. The summed E-state index contributed by atoms with van der Waals surface area (Å²) >= 11 is 0. The van der Waals surface area contributed by atoms with E-state index in [1.54, 1.807) is 0 Å². The van der Waals surface area contributed by atoms with Crippen LogP contribution in [0.1, 0.15) is 39.0 Å². The van der Waals surface area contributed by atoms with Gasteiger partial charge < -0.3 is 16.3 Å². The van der Waals surface area contributed by atoms with Crippen LogP contribution in [0, 0.1) is 11.8 Å². The summed E-state index contributed by atoms with van der Waals surface area (Å²) in [5.41, 5.74) is 5.37. The first-order valence-corrected chi connectivity index (χ1v) is 5.91. The zero-order valence-corrected chi connectivity index (χ0v) is 9.58. The fraction of sp³-hybridized carbons (Fsp3) is 0.909. The van der Waals surface area contributed by atoms with Crippen molar-refractivity contribution in [3.63, 3.8) is 0 Å². The van der Waals surface area contributed by atoms with E-state index in [2.05, 4.69) is 17.4 Å². The molecule has 1 saturated carbocycles. The normalized spacial score (nSPS) is 27.1. The molecule has 4 heteroatoms. The monoisotopic (exact) mass is 213 g/mol. The Bertz CT molecular complexity index is 206. The SMILES string of the molecule is CC1CCCC1CNCCCC(N)=NO. The Morgan fingerprint density at radius 3 is 2.93 bits per heavy atom. The van der Waals surface area contributed by atoms with Crippen LogP contribution in [-0.4, -0.2) is 24.1 Å². The third-order valence-electron chi connectivity index (χ3n) is 3.36. The highest BCUT2D eigenvalue weighted by atomic mass is 16.4. The summed E-state index contributed by atoms with van der Waals surface area (Å²) in [7, 11) is 0. The molecule has 88 valence electrons. The maximum absolute atomic E-state index is 8.34. The van der Waals surface area contributed by atoms with Crippen LogP contribution in [0.5, 0.6) is 0 Å². The highest BCUT2D eigenvalue weighted by Crippen LogP contribution is 2.30. The molecular weight excluding hydrogens is 190 g/mol. The molecule has 0 saturated heterocycles. The second kappa shape index (κ2) is 6.67. The van der Waals surface area contributed by atoms with Gasteiger partial charge in [0.05, 0.1) is 0 Å². The van der Waals surface area contributed by atoms with E-state index < -0.39 is 0 Å². The Balaban J connectivity index is 1.97. The first-order chi connectivity index (χ1) is 7.24. The molecule has 2 unspecified atom stereocenters. The molecule has 0 bridgehead atoms. The van der Waals surface area contributed by atoms with E-state index in [4.69, 9.17) is 10.9 Å². The van der Waals surface area contributed by atoms with Crippen molar-refractivity contribution >= 4 is 5.84 Å². The molecular formula is C11H23N3O. The summed E-state index contributed by atoms with van der Waals surface area (Å²) in [6, 6.07) is 0. The molecule has 0 aromatic heterocycles. The Hall–Kier alpha value is -0.770. The summed E-state index contributed by atoms with van der Waals surface area (Å²) in [6.07, 6.45) is 5.75. The number of nitrogens with two attached hydrogens (primary N) is 1. The Morgan fingerprint density at radius 1 is 1.53 bits per heavy atom. The number of amidine groups is 1. The van der Waals surface area contributed by atoms with Crippen LogP contribution in [0.2, 0.25) is 0 Å². The summed E-state index contributed by atoms with van der Waals surface area (Å²) in [5, 5.41) is 14.7. The van der Waals surface area contributed by atoms with Gasteiger partial charge in [-0.15, -0.1) is 0 Å². The van der Waals surface area contributed by atoms with E-state index >= 15 is 0 Å². The third kappa shape index (κ3) is 4.51. The van der Waals surface area contributed by atoms with Crippen molar-refractivity contribution in [1.29, 1.82) is 0 Å². The van der Waals surface area contributed by atoms with Crippen molar-refractivity contribution in [3.8, 4) is 0 Å². The topological polar surface area (TPSA) is 70.6 Å². The van der Waals surface area contributed by atoms with Crippen molar-refractivity contribution in [2.24, 2.45) is 22.7 Å². The van der Waals surface area contributed by atoms with Gasteiger partial charge in [-0.2, -0.15) is 0 Å². The lowest BCUT2D eigenvalue weighted by Gasteiger charge is -2.15. The highest BCUT2D eigenvalue weighted by Gasteiger charge is 2.22. The second-order valence-corrected chi connectivity index (χ2v) is 4.57. The van der Waals surface area contributed by atoms with E-state index in [-0.39, 0.29) is 0 Å². The fourth-order valence-corrected chi connectivity index (χ4v) is 2.26. The van der Waals surface area contributed by atoms with Crippen LogP contribution in [0.25, 0.3) is 0 Å². The van der Waals surface area contributed by atoms with Gasteiger partial charge in [0.15, 0.2) is 0 Å². The number of hydrogen-bond acceptors (Lipinski definition) is 3. The van der Waals surface area contributed by atoms with Crippen molar-refractivity contribution in [1.82, 2.24) is 5.32 Å². The zero-order valence-electron chi connectivity index (χ0n) is 9.58. The van der Waals surface area contributed by atoms with Crippen LogP contribution in [0.15, 0.2) is 5.16 Å². The Morgan fingerprint density at radius 2 is 2.33 bits per heavy atom. The molecule has 4 N–H and O–H groups in total. The van der Waals surface area contributed by atoms with Crippen LogP contribution in [0.3, 0.4) is 0 Å². The minimum atomic E-state index is 0.325. The Kier molecular flexibility index (Phi) is 5.47. The molecule has 2 atom stereocenters. The molecule has 4 nitrogen and oxygen atoms in total. The molecule has 1 fully saturated rings. The molecule has 0 spiro atoms. The summed E-state index contributed by atoms with van der Waals surface area (Å²) < 4.78 is 0. The minimum Gasteiger partial charge on any atom is -0.409 e. The lowest BCUT2D eigenvalue weighted by molar-refractivity contribution is 0.316. The number of oxime groups is 1. The van der Waals surface area contributed by atoms with E-state index in [9.17, 15) is 0 Å². The highest BCUT2D eigenvalue weighted by molar-refractivity contribution is 5.79. The zero-order chi connectivity index (χ0) is 11.1. The summed E-state index contributed by atoms with van der Waals surface area (Å²) in [6.45, 7) is 4.42. The second-order valence-electron chi connectivity index (χ2n) is 4.57. The Labute approximate surface area is 91.9 Å². The van der Waals surface area contributed by atoms with Crippen molar-refractivity contribution in [2.75, 3.05) is 13.1 Å². The van der Waals surface area contributed by atoms with Gasteiger partial charge in [-0.3, -0.25) is 0 Å². The van der Waals surface area contributed by atoms with Gasteiger partial charge in [0.25, 0.3) is 0 Å². The molecule has 0 amide bonds. The first kappa shape index (κ1) is 12.3. The number of rotatable bonds is 6. The molecule has 1 rings (SSSR count). The van der Waals surface area contributed by atoms with Gasteiger partial charge in [-0.25, -0.2) is 0 Å².